The zero-order valence-electron chi connectivity index (χ0n) is 17.6. The van der Waals surface area contributed by atoms with E-state index in [-0.39, 0.29) is 16.7 Å². The number of carbonyl (C=O) groups excluding carboxylic acids is 1. The number of aromatic nitrogens is 3. The molecule has 1 aromatic heterocycles. The third kappa shape index (κ3) is 3.70. The molecule has 6 rings (SSSR count). The van der Waals surface area contributed by atoms with E-state index in [1.165, 1.54) is 50.3 Å². The standard InChI is InChI=1S/C24H30N4OS/c1-3-9-28-21(20-7-5-4-6-8-20)26-27-23(28)30-16(2)22(29)25-24-13-17-10-18(14-24)12-19(11-17)15-24/h3-8,16-19H,1,9-15H2,2H3,(H,25,29). The molecule has 5 nitrogen and oxygen atoms in total. The summed E-state index contributed by atoms with van der Waals surface area (Å²) in [7, 11) is 0. The molecule has 0 spiro atoms. The van der Waals surface area contributed by atoms with Gasteiger partial charge in [0.15, 0.2) is 11.0 Å². The fraction of sp³-hybridized carbons (Fsp3) is 0.542. The second-order valence-corrected chi connectivity index (χ2v) is 10.8. The van der Waals surface area contributed by atoms with Crippen molar-refractivity contribution < 1.29 is 4.79 Å². The molecular weight excluding hydrogens is 392 g/mol. The molecule has 30 heavy (non-hydrogen) atoms. The molecule has 1 unspecified atom stereocenters. The monoisotopic (exact) mass is 422 g/mol. The Morgan fingerprint density at radius 2 is 1.83 bits per heavy atom. The van der Waals surface area contributed by atoms with Gasteiger partial charge in [0, 0.05) is 17.6 Å². The largest absolute Gasteiger partial charge is 0.350 e. The predicted octanol–water partition coefficient (Wildman–Crippen LogP) is 4.70. The molecule has 0 saturated heterocycles. The molecule has 1 heterocycles. The molecule has 4 aliphatic carbocycles. The highest BCUT2D eigenvalue weighted by Gasteiger charge is 2.51. The van der Waals surface area contributed by atoms with Crippen molar-refractivity contribution in [2.75, 3.05) is 0 Å². The van der Waals surface area contributed by atoms with Gasteiger partial charge in [-0.2, -0.15) is 0 Å². The molecule has 1 N–H and O–H groups in total. The zero-order valence-corrected chi connectivity index (χ0v) is 18.4. The van der Waals surface area contributed by atoms with E-state index in [1.807, 2.05) is 47.9 Å². The molecule has 4 saturated carbocycles. The normalized spacial score (nSPS) is 30.2. The molecule has 6 heteroatoms. The van der Waals surface area contributed by atoms with Crippen molar-refractivity contribution in [2.45, 2.75) is 67.9 Å². The van der Waals surface area contributed by atoms with Crippen molar-refractivity contribution in [3.05, 3.63) is 43.0 Å². The minimum absolute atomic E-state index is 0.0463. The van der Waals surface area contributed by atoms with E-state index < -0.39 is 0 Å². The number of thioether (sulfide) groups is 1. The van der Waals surface area contributed by atoms with E-state index in [9.17, 15) is 4.79 Å². The minimum Gasteiger partial charge on any atom is -0.350 e. The van der Waals surface area contributed by atoms with Crippen LogP contribution in [-0.4, -0.2) is 31.5 Å². The maximum absolute atomic E-state index is 13.2. The molecular formula is C24H30N4OS. The number of hydrogen-bond donors (Lipinski definition) is 1. The van der Waals surface area contributed by atoms with E-state index in [0.29, 0.717) is 6.54 Å². The lowest BCUT2D eigenvalue weighted by atomic mass is 9.53. The van der Waals surface area contributed by atoms with Crippen LogP contribution in [0.2, 0.25) is 0 Å². The predicted molar refractivity (Wildman–Crippen MR) is 120 cm³/mol. The molecule has 158 valence electrons. The summed E-state index contributed by atoms with van der Waals surface area (Å²) in [5.74, 6) is 3.42. The summed E-state index contributed by atoms with van der Waals surface area (Å²) < 4.78 is 2.04. The quantitative estimate of drug-likeness (QED) is 0.519. The van der Waals surface area contributed by atoms with Gasteiger partial charge in [-0.1, -0.05) is 48.2 Å². The van der Waals surface area contributed by atoms with Crippen molar-refractivity contribution in [2.24, 2.45) is 17.8 Å². The van der Waals surface area contributed by atoms with Gasteiger partial charge in [0.05, 0.1) is 5.25 Å². The van der Waals surface area contributed by atoms with Gasteiger partial charge < -0.3 is 5.32 Å². The van der Waals surface area contributed by atoms with Crippen LogP contribution < -0.4 is 5.32 Å². The smallest absolute Gasteiger partial charge is 0.233 e. The summed E-state index contributed by atoms with van der Waals surface area (Å²) in [6.07, 6.45) is 9.51. The second-order valence-electron chi connectivity index (χ2n) is 9.52. The van der Waals surface area contributed by atoms with E-state index in [1.54, 1.807) is 0 Å². The Bertz CT molecular complexity index is 903. The number of amides is 1. The third-order valence-corrected chi connectivity index (χ3v) is 8.22. The van der Waals surface area contributed by atoms with Crippen molar-refractivity contribution in [1.29, 1.82) is 0 Å². The third-order valence-electron chi connectivity index (χ3n) is 7.14. The number of rotatable bonds is 7. The summed E-state index contributed by atoms with van der Waals surface area (Å²) in [5.41, 5.74) is 1.06. The lowest BCUT2D eigenvalue weighted by molar-refractivity contribution is -0.126. The summed E-state index contributed by atoms with van der Waals surface area (Å²) in [4.78, 5) is 13.2. The molecule has 0 radical (unpaired) electrons. The fourth-order valence-corrected chi connectivity index (χ4v) is 7.17. The topological polar surface area (TPSA) is 59.8 Å². The van der Waals surface area contributed by atoms with Crippen LogP contribution in [0.1, 0.15) is 45.4 Å². The van der Waals surface area contributed by atoms with Crippen molar-refractivity contribution in [1.82, 2.24) is 20.1 Å². The van der Waals surface area contributed by atoms with E-state index >= 15 is 0 Å². The molecule has 2 aromatic rings. The highest BCUT2D eigenvalue weighted by Crippen LogP contribution is 2.55. The Kier molecular flexibility index (Phi) is 5.21. The summed E-state index contributed by atoms with van der Waals surface area (Å²) in [6.45, 7) is 6.48. The zero-order chi connectivity index (χ0) is 20.7. The maximum Gasteiger partial charge on any atom is 0.233 e. The molecule has 4 bridgehead atoms. The lowest BCUT2D eigenvalue weighted by Gasteiger charge is -2.57. The highest BCUT2D eigenvalue weighted by molar-refractivity contribution is 8.00. The summed E-state index contributed by atoms with van der Waals surface area (Å²) in [6, 6.07) is 10.0. The molecule has 1 amide bonds. The minimum atomic E-state index is -0.214. The SMILES string of the molecule is C=CCn1c(SC(C)C(=O)NC23CC4CC(CC(C4)C2)C3)nnc1-c1ccccc1. The molecule has 1 atom stereocenters. The number of hydrogen-bond acceptors (Lipinski definition) is 4. The Labute approximate surface area is 182 Å². The van der Waals surface area contributed by atoms with Gasteiger partial charge in [-0.05, 0) is 63.2 Å². The van der Waals surface area contributed by atoms with Crippen LogP contribution in [0, 0.1) is 17.8 Å². The van der Waals surface area contributed by atoms with Gasteiger partial charge in [-0.25, -0.2) is 0 Å². The number of carbonyl (C=O) groups is 1. The van der Waals surface area contributed by atoms with Crippen LogP contribution in [0.15, 0.2) is 48.1 Å². The first-order valence-electron chi connectivity index (χ1n) is 11.1. The van der Waals surface area contributed by atoms with E-state index in [0.717, 1.165) is 34.3 Å². The second kappa shape index (κ2) is 7.88. The van der Waals surface area contributed by atoms with Gasteiger partial charge in [-0.3, -0.25) is 9.36 Å². The fourth-order valence-electron chi connectivity index (χ4n) is 6.31. The Balaban J connectivity index is 1.30. The average molecular weight is 423 g/mol. The molecule has 4 fully saturated rings. The Morgan fingerprint density at radius 1 is 1.20 bits per heavy atom. The van der Waals surface area contributed by atoms with Gasteiger partial charge in [0.25, 0.3) is 0 Å². The average Bonchev–Trinajstić information content (AvgIpc) is 3.10. The van der Waals surface area contributed by atoms with Crippen molar-refractivity contribution >= 4 is 17.7 Å². The first kappa shape index (κ1) is 19.9. The van der Waals surface area contributed by atoms with Crippen molar-refractivity contribution in [3.63, 3.8) is 0 Å². The first-order valence-corrected chi connectivity index (χ1v) is 12.0. The highest BCUT2D eigenvalue weighted by atomic mass is 32.2. The van der Waals surface area contributed by atoms with Crippen LogP contribution in [0.5, 0.6) is 0 Å². The van der Waals surface area contributed by atoms with E-state index in [2.05, 4.69) is 22.1 Å². The van der Waals surface area contributed by atoms with Crippen LogP contribution >= 0.6 is 11.8 Å². The van der Waals surface area contributed by atoms with Gasteiger partial charge in [-0.15, -0.1) is 16.8 Å². The first-order chi connectivity index (χ1) is 14.5. The van der Waals surface area contributed by atoms with Crippen LogP contribution in [0.4, 0.5) is 0 Å². The maximum atomic E-state index is 13.2. The summed E-state index contributed by atoms with van der Waals surface area (Å²) >= 11 is 1.49. The van der Waals surface area contributed by atoms with Crippen LogP contribution in [0.25, 0.3) is 11.4 Å². The van der Waals surface area contributed by atoms with E-state index in [4.69, 9.17) is 0 Å². The summed E-state index contributed by atoms with van der Waals surface area (Å²) in [5, 5.41) is 12.9. The molecule has 4 aliphatic rings. The van der Waals surface area contributed by atoms with Crippen LogP contribution in [-0.2, 0) is 11.3 Å². The number of allylic oxidation sites excluding steroid dienone is 1. The lowest BCUT2D eigenvalue weighted by Crippen LogP contribution is -2.60. The number of nitrogens with zero attached hydrogens (tertiary/aromatic N) is 3. The van der Waals surface area contributed by atoms with Gasteiger partial charge in [0.1, 0.15) is 0 Å². The Hall–Kier alpha value is -2.08. The van der Waals surface area contributed by atoms with Gasteiger partial charge >= 0.3 is 0 Å². The van der Waals surface area contributed by atoms with Crippen molar-refractivity contribution in [3.8, 4) is 11.4 Å². The Morgan fingerprint density at radius 3 is 2.43 bits per heavy atom. The number of nitrogens with one attached hydrogen (secondary N) is 1. The number of benzene rings is 1. The molecule has 0 aliphatic heterocycles. The van der Waals surface area contributed by atoms with Gasteiger partial charge in [0.2, 0.25) is 5.91 Å². The molecule has 1 aromatic carbocycles. The van der Waals surface area contributed by atoms with Crippen LogP contribution in [0.3, 0.4) is 0 Å².